The maximum atomic E-state index is 7.20. The van der Waals surface area contributed by atoms with Crippen molar-refractivity contribution in [2.45, 2.75) is 110 Å². The topological polar surface area (TPSA) is 35.9 Å². The standard InChI is InChI=1S/C79H74N4O.Pt/c1-75(2,3)61-38-41-70-69(49-61)68-40-39-66(52-71(68)83(70)72-50-62(42-43-80-72)76(4,5)6)84-67-47-57(55-30-20-14-21-31-55)46-65(51-67)82-53-81(73(78(9,10)59-34-24-16-25-35-59)74(82)79(11,12)60-36-26-17-27-37-60)64-45-56(54-28-18-13-19-29-54)44-63(48-64)77(7,8)58-32-22-15-23-33-58;/h13-50H,1-12H3;/q-2;. The molecule has 0 aliphatic rings. The maximum Gasteiger partial charge on any atom is 0.267 e. The second kappa shape index (κ2) is 22.6. The van der Waals surface area contributed by atoms with Crippen LogP contribution in [0.2, 0.25) is 0 Å². The third-order valence-electron chi connectivity index (χ3n) is 17.3. The van der Waals surface area contributed by atoms with Gasteiger partial charge in [-0.25, -0.2) is 4.98 Å². The van der Waals surface area contributed by atoms with E-state index < -0.39 is 10.8 Å². The van der Waals surface area contributed by atoms with Gasteiger partial charge < -0.3 is 13.9 Å². The molecule has 12 rings (SSSR count). The Morgan fingerprint density at radius 2 is 0.941 bits per heavy atom. The molecule has 0 N–H and O–H groups in total. The molecule has 0 aliphatic heterocycles. The van der Waals surface area contributed by atoms with Gasteiger partial charge in [0.2, 0.25) is 0 Å². The number of pyridine rings is 1. The largest absolute Gasteiger partial charge is 0.510 e. The molecular weight excluding hydrogens is 1220 g/mol. The average Bonchev–Trinajstić information content (AvgIpc) is 1.95. The molecule has 6 heteroatoms. The first kappa shape index (κ1) is 58.4. The number of hydrogen-bond acceptors (Lipinski definition) is 2. The van der Waals surface area contributed by atoms with Crippen LogP contribution in [-0.2, 0) is 48.1 Å². The second-order valence-corrected chi connectivity index (χ2v) is 26.2. The van der Waals surface area contributed by atoms with E-state index in [1.54, 1.807) is 0 Å². The minimum atomic E-state index is -0.595. The number of ether oxygens (including phenoxy) is 1. The Morgan fingerprint density at radius 3 is 1.52 bits per heavy atom. The molecule has 0 unspecified atom stereocenters. The summed E-state index contributed by atoms with van der Waals surface area (Å²) < 4.78 is 14.1. The van der Waals surface area contributed by atoms with E-state index in [9.17, 15) is 0 Å². The number of benzene rings is 9. The molecule has 0 spiro atoms. The van der Waals surface area contributed by atoms with Gasteiger partial charge in [-0.05, 0) is 102 Å². The van der Waals surface area contributed by atoms with Crippen molar-refractivity contribution in [1.82, 2.24) is 14.1 Å². The normalized spacial score (nSPS) is 12.4. The Hall–Kier alpha value is -8.37. The van der Waals surface area contributed by atoms with Crippen LogP contribution in [0.4, 0.5) is 0 Å². The summed E-state index contributed by atoms with van der Waals surface area (Å²) in [7, 11) is 0. The van der Waals surface area contributed by atoms with Gasteiger partial charge in [0.25, 0.3) is 6.33 Å². The molecule has 0 fully saturated rings. The van der Waals surface area contributed by atoms with Crippen LogP contribution in [0, 0.1) is 18.5 Å². The summed E-state index contributed by atoms with van der Waals surface area (Å²) in [5.74, 6) is 1.95. The molecule has 3 aromatic heterocycles. The van der Waals surface area contributed by atoms with E-state index in [0.717, 1.165) is 72.6 Å². The molecule has 0 radical (unpaired) electrons. The first-order valence-electron chi connectivity index (χ1n) is 29.4. The fourth-order valence-electron chi connectivity index (χ4n) is 12.1. The van der Waals surface area contributed by atoms with Crippen molar-refractivity contribution in [1.29, 1.82) is 0 Å². The van der Waals surface area contributed by atoms with E-state index in [0.29, 0.717) is 11.5 Å². The molecule has 12 aromatic rings. The summed E-state index contributed by atoms with van der Waals surface area (Å²) in [5.41, 5.74) is 15.8. The Bertz CT molecular complexity index is 4350. The Labute approximate surface area is 518 Å². The number of imidazole rings is 1. The molecule has 9 aromatic carbocycles. The smallest absolute Gasteiger partial charge is 0.267 e. The molecule has 85 heavy (non-hydrogen) atoms. The maximum absolute atomic E-state index is 7.20. The van der Waals surface area contributed by atoms with Gasteiger partial charge in [0.05, 0.1) is 17.1 Å². The van der Waals surface area contributed by atoms with Crippen molar-refractivity contribution in [3.63, 3.8) is 0 Å². The zero-order valence-electron chi connectivity index (χ0n) is 51.0. The van der Waals surface area contributed by atoms with E-state index in [1.807, 2.05) is 12.3 Å². The van der Waals surface area contributed by atoms with E-state index in [2.05, 4.69) is 334 Å². The van der Waals surface area contributed by atoms with Gasteiger partial charge in [0.1, 0.15) is 5.82 Å². The van der Waals surface area contributed by atoms with Crippen LogP contribution < -0.4 is 9.30 Å². The number of hydrogen-bond donors (Lipinski definition) is 0. The number of fused-ring (bicyclic) bond motifs is 3. The summed E-state index contributed by atoms with van der Waals surface area (Å²) in [6, 6.07) is 88.5. The minimum absolute atomic E-state index is 0. The predicted octanol–water partition coefficient (Wildman–Crippen LogP) is 19.3. The van der Waals surface area contributed by atoms with Gasteiger partial charge in [-0.2, -0.15) is 12.1 Å². The average molecular weight is 1290 g/mol. The molecule has 0 atom stereocenters. The van der Waals surface area contributed by atoms with Crippen molar-refractivity contribution in [2.75, 3.05) is 0 Å². The third-order valence-corrected chi connectivity index (χ3v) is 17.3. The SMILES string of the molecule is CC(C)(C)c1ccnc(-n2c3[c-]c(Oc4[c-]c(-n5[c-][n+](-c6cc(-c7ccccc7)cc(C(C)(C)c7ccccc7)c6)c(C(C)(C)c6ccccc6)c5C(C)(C)c5ccccc5)cc(-c5ccccc5)c4)ccc3c3cc(C(C)(C)C)ccc32)c1.[Pt]. The van der Waals surface area contributed by atoms with E-state index in [1.165, 1.54) is 33.4 Å². The number of nitrogens with zero attached hydrogens (tertiary/aromatic N) is 4. The van der Waals surface area contributed by atoms with Gasteiger partial charge in [-0.1, -0.05) is 258 Å². The number of aromatic nitrogens is 4. The summed E-state index contributed by atoms with van der Waals surface area (Å²) in [5, 5.41) is 2.22. The van der Waals surface area contributed by atoms with Gasteiger partial charge in [-0.15, -0.1) is 35.2 Å². The second-order valence-electron chi connectivity index (χ2n) is 26.2. The van der Waals surface area contributed by atoms with Gasteiger partial charge >= 0.3 is 0 Å². The van der Waals surface area contributed by atoms with Crippen LogP contribution in [0.15, 0.2) is 231 Å². The van der Waals surface area contributed by atoms with E-state index in [4.69, 9.17) is 9.72 Å². The zero-order chi connectivity index (χ0) is 58.8. The van der Waals surface area contributed by atoms with Crippen LogP contribution >= 0.6 is 0 Å². The molecule has 0 bridgehead atoms. The van der Waals surface area contributed by atoms with Crippen LogP contribution in [0.25, 0.3) is 61.3 Å². The monoisotopic (exact) mass is 1290 g/mol. The van der Waals surface area contributed by atoms with Crippen molar-refractivity contribution in [3.8, 4) is 50.9 Å². The van der Waals surface area contributed by atoms with Gasteiger partial charge in [0.15, 0.2) is 0 Å². The van der Waals surface area contributed by atoms with Crippen molar-refractivity contribution >= 4 is 21.8 Å². The summed E-state index contributed by atoms with van der Waals surface area (Å²) >= 11 is 0. The van der Waals surface area contributed by atoms with Gasteiger partial charge in [-0.3, -0.25) is 4.57 Å². The fourth-order valence-corrected chi connectivity index (χ4v) is 12.1. The van der Waals surface area contributed by atoms with E-state index in [-0.39, 0.29) is 37.3 Å². The quantitative estimate of drug-likeness (QED) is 0.0852. The first-order chi connectivity index (χ1) is 40.2. The molecule has 428 valence electrons. The van der Waals surface area contributed by atoms with E-state index >= 15 is 0 Å². The molecule has 0 aliphatic carbocycles. The molecule has 0 amide bonds. The Kier molecular flexibility index (Phi) is 15.5. The molecule has 5 nitrogen and oxygen atoms in total. The summed E-state index contributed by atoms with van der Waals surface area (Å²) in [4.78, 5) is 5.03. The van der Waals surface area contributed by atoms with Crippen molar-refractivity contribution in [2.24, 2.45) is 0 Å². The Morgan fingerprint density at radius 1 is 0.412 bits per heavy atom. The Balaban J connectivity index is 0.00000752. The van der Waals surface area contributed by atoms with Crippen molar-refractivity contribution in [3.05, 3.63) is 294 Å². The molecule has 0 saturated heterocycles. The van der Waals surface area contributed by atoms with Crippen LogP contribution in [0.3, 0.4) is 0 Å². The summed E-state index contributed by atoms with van der Waals surface area (Å²) in [6.07, 6.45) is 6.05. The minimum Gasteiger partial charge on any atom is -0.510 e. The molecule has 3 heterocycles. The third kappa shape index (κ3) is 11.2. The fraction of sp³-hybridized carbons (Fsp3) is 0.215. The molecule has 0 saturated carbocycles. The van der Waals surface area contributed by atoms with Gasteiger partial charge in [0, 0.05) is 60.5 Å². The van der Waals surface area contributed by atoms with Crippen molar-refractivity contribution < 1.29 is 30.4 Å². The summed E-state index contributed by atoms with van der Waals surface area (Å²) in [6.45, 7) is 27.6. The number of rotatable bonds is 13. The van der Waals surface area contributed by atoms with Crippen LogP contribution in [-0.4, -0.2) is 14.1 Å². The predicted molar refractivity (Wildman–Crippen MR) is 346 cm³/mol. The first-order valence-corrected chi connectivity index (χ1v) is 29.4. The van der Waals surface area contributed by atoms with Crippen LogP contribution in [0.5, 0.6) is 11.5 Å². The van der Waals surface area contributed by atoms with Crippen LogP contribution in [0.1, 0.15) is 128 Å². The molecular formula is C79H74N4OPt-2. The zero-order valence-corrected chi connectivity index (χ0v) is 53.2.